The van der Waals surface area contributed by atoms with Crippen molar-refractivity contribution in [2.45, 2.75) is 38.6 Å². The van der Waals surface area contributed by atoms with E-state index in [0.717, 1.165) is 36.8 Å². The minimum atomic E-state index is 0.161. The second-order valence-corrected chi connectivity index (χ2v) is 6.05. The second-order valence-electron chi connectivity index (χ2n) is 5.19. The molecule has 0 radical (unpaired) electrons. The lowest BCUT2D eigenvalue weighted by Gasteiger charge is -2.23. The molecular weight excluding hydrogens is 304 g/mol. The highest BCUT2D eigenvalue weighted by Gasteiger charge is 2.14. The molecule has 1 saturated heterocycles. The van der Waals surface area contributed by atoms with Crippen molar-refractivity contribution in [3.63, 3.8) is 0 Å². The van der Waals surface area contributed by atoms with Gasteiger partial charge in [-0.25, -0.2) is 0 Å². The summed E-state index contributed by atoms with van der Waals surface area (Å²) < 4.78 is 1.12. The molecule has 0 unspecified atom stereocenters. The maximum Gasteiger partial charge on any atom is 0.220 e. The molecule has 4 heteroatoms. The van der Waals surface area contributed by atoms with Gasteiger partial charge in [-0.05, 0) is 49.9 Å². The fourth-order valence-electron chi connectivity index (χ4n) is 2.40. The molecule has 0 spiro atoms. The maximum absolute atomic E-state index is 11.9. The van der Waals surface area contributed by atoms with Crippen LogP contribution in [0, 0.1) is 6.92 Å². The van der Waals surface area contributed by atoms with E-state index in [1.165, 1.54) is 11.1 Å². The first kappa shape index (κ1) is 14.5. The SMILES string of the molecule is Cc1cc(CCC(=O)N[C@H]2CCCNC2)ccc1Br. The number of halogens is 1. The summed E-state index contributed by atoms with van der Waals surface area (Å²) in [5.74, 6) is 0.161. The number of carbonyl (C=O) groups excluding carboxylic acids is 1. The summed E-state index contributed by atoms with van der Waals surface area (Å²) in [6.45, 7) is 4.05. The highest BCUT2D eigenvalue weighted by atomic mass is 79.9. The standard InChI is InChI=1S/C15H21BrN2O/c1-11-9-12(4-6-14(11)16)5-7-15(19)18-13-3-2-8-17-10-13/h4,6,9,13,17H,2-3,5,7-8,10H2,1H3,(H,18,19)/t13-/m0/s1. The first-order valence-corrected chi connectivity index (χ1v) is 7.69. The van der Waals surface area contributed by atoms with Crippen LogP contribution in [0.3, 0.4) is 0 Å². The zero-order valence-electron chi connectivity index (χ0n) is 11.3. The molecule has 19 heavy (non-hydrogen) atoms. The number of nitrogens with one attached hydrogen (secondary N) is 2. The third-order valence-electron chi connectivity index (χ3n) is 3.53. The number of hydrogen-bond donors (Lipinski definition) is 2. The van der Waals surface area contributed by atoms with Crippen molar-refractivity contribution in [2.24, 2.45) is 0 Å². The third-order valence-corrected chi connectivity index (χ3v) is 4.41. The van der Waals surface area contributed by atoms with Crippen LogP contribution in [-0.2, 0) is 11.2 Å². The van der Waals surface area contributed by atoms with Crippen LogP contribution in [0.5, 0.6) is 0 Å². The Morgan fingerprint density at radius 2 is 2.37 bits per heavy atom. The van der Waals surface area contributed by atoms with E-state index in [1.807, 2.05) is 6.07 Å². The Hall–Kier alpha value is -0.870. The molecule has 2 rings (SSSR count). The molecule has 2 N–H and O–H groups in total. The highest BCUT2D eigenvalue weighted by Crippen LogP contribution is 2.17. The summed E-state index contributed by atoms with van der Waals surface area (Å²) in [5.41, 5.74) is 2.44. The third kappa shape index (κ3) is 4.62. The quantitative estimate of drug-likeness (QED) is 0.893. The van der Waals surface area contributed by atoms with E-state index in [4.69, 9.17) is 0 Å². The van der Waals surface area contributed by atoms with Gasteiger partial charge in [0.1, 0.15) is 0 Å². The summed E-state index contributed by atoms with van der Waals surface area (Å²) in [6.07, 6.45) is 3.62. The summed E-state index contributed by atoms with van der Waals surface area (Å²) in [4.78, 5) is 11.9. The van der Waals surface area contributed by atoms with E-state index in [2.05, 4.69) is 45.6 Å². The predicted octanol–water partition coefficient (Wildman–Crippen LogP) is 2.56. The Morgan fingerprint density at radius 3 is 3.05 bits per heavy atom. The number of rotatable bonds is 4. The van der Waals surface area contributed by atoms with Crippen LogP contribution >= 0.6 is 15.9 Å². The minimum Gasteiger partial charge on any atom is -0.352 e. The molecule has 1 fully saturated rings. The van der Waals surface area contributed by atoms with Gasteiger partial charge in [0.15, 0.2) is 0 Å². The molecule has 0 aliphatic carbocycles. The van der Waals surface area contributed by atoms with Gasteiger partial charge in [0.2, 0.25) is 5.91 Å². The Morgan fingerprint density at radius 1 is 1.53 bits per heavy atom. The zero-order valence-corrected chi connectivity index (χ0v) is 12.9. The topological polar surface area (TPSA) is 41.1 Å². The van der Waals surface area contributed by atoms with Gasteiger partial charge in [-0.15, -0.1) is 0 Å². The monoisotopic (exact) mass is 324 g/mol. The van der Waals surface area contributed by atoms with Gasteiger partial charge in [-0.1, -0.05) is 28.1 Å². The molecule has 1 aromatic carbocycles. The Kier molecular flexibility index (Phi) is 5.40. The molecule has 1 aliphatic heterocycles. The molecule has 0 bridgehead atoms. The number of piperidine rings is 1. The van der Waals surface area contributed by atoms with Gasteiger partial charge in [-0.3, -0.25) is 4.79 Å². The Bertz CT molecular complexity index is 442. The smallest absolute Gasteiger partial charge is 0.220 e. The van der Waals surface area contributed by atoms with Crippen molar-refractivity contribution in [1.29, 1.82) is 0 Å². The fourth-order valence-corrected chi connectivity index (χ4v) is 2.64. The Labute approximate surface area is 123 Å². The lowest BCUT2D eigenvalue weighted by molar-refractivity contribution is -0.121. The lowest BCUT2D eigenvalue weighted by atomic mass is 10.1. The van der Waals surface area contributed by atoms with Crippen molar-refractivity contribution >= 4 is 21.8 Å². The molecule has 104 valence electrons. The molecule has 1 amide bonds. The summed E-state index contributed by atoms with van der Waals surface area (Å²) in [6, 6.07) is 6.58. The van der Waals surface area contributed by atoms with E-state index < -0.39 is 0 Å². The minimum absolute atomic E-state index is 0.161. The average Bonchev–Trinajstić information content (AvgIpc) is 2.41. The normalized spacial score (nSPS) is 19.2. The average molecular weight is 325 g/mol. The van der Waals surface area contributed by atoms with Gasteiger partial charge in [0.05, 0.1) is 0 Å². The predicted molar refractivity (Wildman–Crippen MR) is 81.2 cm³/mol. The highest BCUT2D eigenvalue weighted by molar-refractivity contribution is 9.10. The molecule has 1 atom stereocenters. The first-order chi connectivity index (χ1) is 9.15. The van der Waals surface area contributed by atoms with Crippen molar-refractivity contribution in [3.8, 4) is 0 Å². The van der Waals surface area contributed by atoms with Crippen LogP contribution in [0.25, 0.3) is 0 Å². The van der Waals surface area contributed by atoms with Gasteiger partial charge >= 0.3 is 0 Å². The number of hydrogen-bond acceptors (Lipinski definition) is 2. The molecule has 0 aromatic heterocycles. The molecule has 1 aromatic rings. The molecule has 1 aliphatic rings. The second kappa shape index (κ2) is 7.06. The van der Waals surface area contributed by atoms with Crippen molar-refractivity contribution in [2.75, 3.05) is 13.1 Å². The van der Waals surface area contributed by atoms with Gasteiger partial charge in [0.25, 0.3) is 0 Å². The van der Waals surface area contributed by atoms with Crippen LogP contribution in [0.15, 0.2) is 22.7 Å². The van der Waals surface area contributed by atoms with Gasteiger partial charge in [-0.2, -0.15) is 0 Å². The maximum atomic E-state index is 11.9. The van der Waals surface area contributed by atoms with Gasteiger partial charge < -0.3 is 10.6 Å². The number of benzene rings is 1. The van der Waals surface area contributed by atoms with E-state index >= 15 is 0 Å². The summed E-state index contributed by atoms with van der Waals surface area (Å²) in [7, 11) is 0. The Balaban J connectivity index is 1.77. The molecule has 1 heterocycles. The lowest BCUT2D eigenvalue weighted by Crippen LogP contribution is -2.45. The van der Waals surface area contributed by atoms with Gasteiger partial charge in [0, 0.05) is 23.5 Å². The van der Waals surface area contributed by atoms with Crippen LogP contribution in [0.1, 0.15) is 30.4 Å². The van der Waals surface area contributed by atoms with Crippen LogP contribution < -0.4 is 10.6 Å². The van der Waals surface area contributed by atoms with Crippen LogP contribution in [0.4, 0.5) is 0 Å². The van der Waals surface area contributed by atoms with E-state index in [1.54, 1.807) is 0 Å². The van der Waals surface area contributed by atoms with Crippen molar-refractivity contribution in [1.82, 2.24) is 10.6 Å². The molecule has 3 nitrogen and oxygen atoms in total. The van der Waals surface area contributed by atoms with E-state index in [0.29, 0.717) is 12.5 Å². The van der Waals surface area contributed by atoms with Crippen LogP contribution in [-0.4, -0.2) is 25.0 Å². The van der Waals surface area contributed by atoms with E-state index in [9.17, 15) is 4.79 Å². The van der Waals surface area contributed by atoms with Crippen molar-refractivity contribution < 1.29 is 4.79 Å². The fraction of sp³-hybridized carbons (Fsp3) is 0.533. The van der Waals surface area contributed by atoms with E-state index in [-0.39, 0.29) is 5.91 Å². The molecule has 0 saturated carbocycles. The summed E-state index contributed by atoms with van der Waals surface area (Å²) >= 11 is 3.49. The van der Waals surface area contributed by atoms with Crippen molar-refractivity contribution in [3.05, 3.63) is 33.8 Å². The largest absolute Gasteiger partial charge is 0.352 e. The number of carbonyl (C=O) groups is 1. The summed E-state index contributed by atoms with van der Waals surface area (Å²) in [5, 5.41) is 6.41. The number of amides is 1. The zero-order chi connectivity index (χ0) is 13.7. The number of aryl methyl sites for hydroxylation is 2. The molecular formula is C15H21BrN2O. The first-order valence-electron chi connectivity index (χ1n) is 6.90. The van der Waals surface area contributed by atoms with Crippen LogP contribution in [0.2, 0.25) is 0 Å².